The Bertz CT molecular complexity index is 1040. The van der Waals surface area contributed by atoms with E-state index in [1.165, 1.54) is 0 Å². The van der Waals surface area contributed by atoms with Crippen molar-refractivity contribution in [3.63, 3.8) is 0 Å². The van der Waals surface area contributed by atoms with E-state index < -0.39 is 0 Å². The highest BCUT2D eigenvalue weighted by Crippen LogP contribution is 2.16. The lowest BCUT2D eigenvalue weighted by molar-refractivity contribution is -0.119. The predicted octanol–water partition coefficient (Wildman–Crippen LogP) is 0.574. The molecule has 0 radical (unpaired) electrons. The summed E-state index contributed by atoms with van der Waals surface area (Å²) in [6.07, 6.45) is 5.85. The summed E-state index contributed by atoms with van der Waals surface area (Å²) in [5.41, 5.74) is 1.67. The lowest BCUT2D eigenvalue weighted by Gasteiger charge is -2.32. The van der Waals surface area contributed by atoms with Gasteiger partial charge in [-0.1, -0.05) is 12.1 Å². The van der Waals surface area contributed by atoms with Crippen molar-refractivity contribution in [1.29, 1.82) is 0 Å². The largest absolute Gasteiger partial charge is 0.345 e. The van der Waals surface area contributed by atoms with E-state index in [0.717, 1.165) is 12.0 Å². The van der Waals surface area contributed by atoms with Crippen LogP contribution in [0.5, 0.6) is 0 Å². The van der Waals surface area contributed by atoms with E-state index in [1.807, 2.05) is 6.07 Å². The molecule has 0 aliphatic carbocycles. The topological polar surface area (TPSA) is 99.9 Å². The zero-order chi connectivity index (χ0) is 20.2. The molecule has 9 nitrogen and oxygen atoms in total. The number of piperazine rings is 1. The van der Waals surface area contributed by atoms with E-state index in [0.29, 0.717) is 38.2 Å². The molecule has 9 heteroatoms. The predicted molar refractivity (Wildman–Crippen MR) is 104 cm³/mol. The molecule has 0 atom stereocenters. The number of imidazole rings is 1. The number of nitrogens with one attached hydrogen (secondary N) is 1. The summed E-state index contributed by atoms with van der Waals surface area (Å²) < 4.78 is 1.62. The van der Waals surface area contributed by atoms with E-state index >= 15 is 0 Å². The normalized spacial score (nSPS) is 14.1. The van der Waals surface area contributed by atoms with Crippen molar-refractivity contribution in [2.75, 3.05) is 26.2 Å². The number of hydrogen-bond acceptors (Lipinski definition) is 5. The average Bonchev–Trinajstić information content (AvgIpc) is 3.17. The fourth-order valence-electron chi connectivity index (χ4n) is 3.30. The van der Waals surface area contributed by atoms with Crippen molar-refractivity contribution in [2.45, 2.75) is 6.54 Å². The molecule has 0 aromatic carbocycles. The molecular weight excluding hydrogens is 372 g/mol. The minimum absolute atomic E-state index is 0.152. The van der Waals surface area contributed by atoms with Crippen LogP contribution in [0.3, 0.4) is 0 Å². The van der Waals surface area contributed by atoms with Gasteiger partial charge in [-0.2, -0.15) is 0 Å². The van der Waals surface area contributed by atoms with Crippen LogP contribution in [0.15, 0.2) is 48.9 Å². The standard InChI is InChI=1S/C20H20N6O3/c27-14-24-8-10-25(11-9-24)20(29)17-16-5-1-2-7-26(16)18(23-17)19(28)22-13-15-4-3-6-21-12-15/h1-7,12,14H,8-11,13H2,(H,22,28). The van der Waals surface area contributed by atoms with Gasteiger partial charge in [0.1, 0.15) is 0 Å². The van der Waals surface area contributed by atoms with Crippen molar-refractivity contribution in [1.82, 2.24) is 29.5 Å². The van der Waals surface area contributed by atoms with E-state index in [1.54, 1.807) is 57.1 Å². The maximum Gasteiger partial charge on any atom is 0.287 e. The molecule has 29 heavy (non-hydrogen) atoms. The second-order valence-electron chi connectivity index (χ2n) is 6.72. The van der Waals surface area contributed by atoms with Crippen molar-refractivity contribution in [3.8, 4) is 0 Å². The summed E-state index contributed by atoms with van der Waals surface area (Å²) in [6.45, 7) is 2.15. The maximum absolute atomic E-state index is 13.0. The maximum atomic E-state index is 13.0. The number of hydrogen-bond donors (Lipinski definition) is 1. The van der Waals surface area contributed by atoms with Gasteiger partial charge in [-0.3, -0.25) is 23.8 Å². The van der Waals surface area contributed by atoms with Gasteiger partial charge in [0.25, 0.3) is 11.8 Å². The Labute approximate surface area is 167 Å². The van der Waals surface area contributed by atoms with Crippen molar-refractivity contribution < 1.29 is 14.4 Å². The summed E-state index contributed by atoms with van der Waals surface area (Å²) in [5.74, 6) is -0.468. The van der Waals surface area contributed by atoms with Crippen LogP contribution in [-0.2, 0) is 11.3 Å². The molecular formula is C20H20N6O3. The van der Waals surface area contributed by atoms with Crippen LogP contribution in [0.1, 0.15) is 26.7 Å². The van der Waals surface area contributed by atoms with Gasteiger partial charge in [-0.15, -0.1) is 0 Å². The van der Waals surface area contributed by atoms with E-state index in [9.17, 15) is 14.4 Å². The Balaban J connectivity index is 1.57. The Morgan fingerprint density at radius 2 is 1.93 bits per heavy atom. The summed E-state index contributed by atoms with van der Waals surface area (Å²) in [7, 11) is 0. The monoisotopic (exact) mass is 392 g/mol. The van der Waals surface area contributed by atoms with Gasteiger partial charge < -0.3 is 15.1 Å². The zero-order valence-electron chi connectivity index (χ0n) is 15.7. The highest BCUT2D eigenvalue weighted by Gasteiger charge is 2.27. The van der Waals surface area contributed by atoms with Gasteiger partial charge in [0.05, 0.1) is 5.52 Å². The number of fused-ring (bicyclic) bond motifs is 1. The molecule has 4 heterocycles. The van der Waals surface area contributed by atoms with Crippen LogP contribution in [0.4, 0.5) is 0 Å². The lowest BCUT2D eigenvalue weighted by atomic mass is 10.2. The molecule has 3 amide bonds. The van der Waals surface area contributed by atoms with Crippen LogP contribution < -0.4 is 5.32 Å². The molecule has 1 aliphatic heterocycles. The van der Waals surface area contributed by atoms with Crippen LogP contribution >= 0.6 is 0 Å². The first-order valence-corrected chi connectivity index (χ1v) is 9.30. The number of pyridine rings is 2. The minimum atomic E-state index is -0.375. The van der Waals surface area contributed by atoms with Gasteiger partial charge in [-0.05, 0) is 23.8 Å². The van der Waals surface area contributed by atoms with Crippen LogP contribution in [0.25, 0.3) is 5.52 Å². The van der Waals surface area contributed by atoms with Crippen LogP contribution in [0, 0.1) is 0 Å². The Morgan fingerprint density at radius 3 is 2.66 bits per heavy atom. The minimum Gasteiger partial charge on any atom is -0.345 e. The molecule has 1 fully saturated rings. The fourth-order valence-corrected chi connectivity index (χ4v) is 3.30. The molecule has 3 aromatic rings. The number of rotatable bonds is 5. The molecule has 0 spiro atoms. The van der Waals surface area contributed by atoms with Crippen LogP contribution in [-0.4, -0.2) is 68.6 Å². The van der Waals surface area contributed by atoms with Crippen molar-refractivity contribution in [2.24, 2.45) is 0 Å². The second-order valence-corrected chi connectivity index (χ2v) is 6.72. The highest BCUT2D eigenvalue weighted by molar-refractivity contribution is 6.02. The Morgan fingerprint density at radius 1 is 1.10 bits per heavy atom. The SMILES string of the molecule is O=CN1CCN(C(=O)c2nc(C(=O)NCc3cccnc3)n3ccccc23)CC1. The molecule has 1 N–H and O–H groups in total. The summed E-state index contributed by atoms with van der Waals surface area (Å²) >= 11 is 0. The number of carbonyl (C=O) groups is 3. The van der Waals surface area contributed by atoms with Crippen molar-refractivity contribution in [3.05, 3.63) is 66.0 Å². The number of aromatic nitrogens is 3. The first-order valence-electron chi connectivity index (χ1n) is 9.30. The molecule has 1 aliphatic rings. The van der Waals surface area contributed by atoms with Crippen LogP contribution in [0.2, 0.25) is 0 Å². The molecule has 0 saturated carbocycles. The summed E-state index contributed by atoms with van der Waals surface area (Å²) in [5, 5.41) is 2.82. The molecule has 3 aromatic heterocycles. The molecule has 0 unspecified atom stereocenters. The average molecular weight is 392 g/mol. The van der Waals surface area contributed by atoms with Crippen molar-refractivity contribution >= 4 is 23.7 Å². The second kappa shape index (κ2) is 8.09. The number of carbonyl (C=O) groups excluding carboxylic acids is 3. The quantitative estimate of drug-likeness (QED) is 0.640. The molecule has 0 bridgehead atoms. The van der Waals surface area contributed by atoms with Gasteiger partial charge in [0.2, 0.25) is 12.2 Å². The third-order valence-corrected chi connectivity index (χ3v) is 4.88. The third-order valence-electron chi connectivity index (χ3n) is 4.88. The molecule has 4 rings (SSSR count). The smallest absolute Gasteiger partial charge is 0.287 e. The molecule has 1 saturated heterocycles. The summed E-state index contributed by atoms with van der Waals surface area (Å²) in [4.78, 5) is 48.3. The van der Waals surface area contributed by atoms with E-state index in [-0.39, 0.29) is 23.3 Å². The number of nitrogens with zero attached hydrogens (tertiary/aromatic N) is 5. The fraction of sp³-hybridized carbons (Fsp3) is 0.250. The number of amides is 3. The van der Waals surface area contributed by atoms with E-state index in [4.69, 9.17) is 0 Å². The Hall–Kier alpha value is -3.75. The van der Waals surface area contributed by atoms with E-state index in [2.05, 4.69) is 15.3 Å². The van der Waals surface area contributed by atoms with Gasteiger partial charge in [-0.25, -0.2) is 4.98 Å². The Kier molecular flexibility index (Phi) is 5.19. The molecule has 148 valence electrons. The lowest BCUT2D eigenvalue weighted by Crippen LogP contribution is -2.48. The third kappa shape index (κ3) is 3.79. The van der Waals surface area contributed by atoms with Gasteiger partial charge in [0.15, 0.2) is 5.69 Å². The zero-order valence-corrected chi connectivity index (χ0v) is 15.7. The first kappa shape index (κ1) is 18.6. The first-order chi connectivity index (χ1) is 14.2. The highest BCUT2D eigenvalue weighted by atomic mass is 16.2. The summed E-state index contributed by atoms with van der Waals surface area (Å²) in [6, 6.07) is 9.01. The van der Waals surface area contributed by atoms with Gasteiger partial charge in [0, 0.05) is 51.3 Å². The van der Waals surface area contributed by atoms with Gasteiger partial charge >= 0.3 is 0 Å².